The minimum Gasteiger partial charge on any atom is -0.494 e. The van der Waals surface area contributed by atoms with Crippen LogP contribution in [0.3, 0.4) is 0 Å². The van der Waals surface area contributed by atoms with E-state index in [1.807, 2.05) is 18.2 Å². The first kappa shape index (κ1) is 18.1. The lowest BCUT2D eigenvalue weighted by Gasteiger charge is -2.14. The molecular formula is C24H26N4O. The summed E-state index contributed by atoms with van der Waals surface area (Å²) >= 11 is 0. The van der Waals surface area contributed by atoms with Crippen LogP contribution in [0.25, 0.3) is 22.5 Å². The van der Waals surface area contributed by atoms with Gasteiger partial charge < -0.3 is 15.4 Å². The van der Waals surface area contributed by atoms with E-state index in [-0.39, 0.29) is 0 Å². The molecular weight excluding hydrogens is 360 g/mol. The highest BCUT2D eigenvalue weighted by molar-refractivity contribution is 5.82. The van der Waals surface area contributed by atoms with Gasteiger partial charge in [0.15, 0.2) is 0 Å². The third kappa shape index (κ3) is 3.70. The first-order valence-electron chi connectivity index (χ1n) is 10.5. The van der Waals surface area contributed by atoms with Gasteiger partial charge in [-0.05, 0) is 50.0 Å². The molecule has 148 valence electrons. The summed E-state index contributed by atoms with van der Waals surface area (Å²) in [5.74, 6) is 1.21. The van der Waals surface area contributed by atoms with Crippen molar-refractivity contribution in [2.75, 3.05) is 32.0 Å². The lowest BCUT2D eigenvalue weighted by atomic mass is 10.0. The largest absolute Gasteiger partial charge is 0.494 e. The van der Waals surface area contributed by atoms with Gasteiger partial charge >= 0.3 is 0 Å². The molecule has 0 atom stereocenters. The fraction of sp³-hybridized carbons (Fsp3) is 0.333. The number of nitrogens with zero attached hydrogens (tertiary/aromatic N) is 3. The Morgan fingerprint density at radius 2 is 1.76 bits per heavy atom. The number of likely N-dealkylation sites (tertiary alicyclic amines) is 1. The Bertz CT molecular complexity index is 1010. The molecule has 2 aliphatic rings. The first-order chi connectivity index (χ1) is 14.3. The van der Waals surface area contributed by atoms with Gasteiger partial charge in [0, 0.05) is 29.7 Å². The van der Waals surface area contributed by atoms with Crippen LogP contribution < -0.4 is 10.5 Å². The highest BCUT2D eigenvalue weighted by Crippen LogP contribution is 2.41. The molecule has 0 radical (unpaired) electrons. The predicted octanol–water partition coefficient (Wildman–Crippen LogP) is 4.16. The van der Waals surface area contributed by atoms with Crippen LogP contribution in [-0.4, -0.2) is 41.1 Å². The van der Waals surface area contributed by atoms with Crippen LogP contribution in [0, 0.1) is 0 Å². The van der Waals surface area contributed by atoms with Gasteiger partial charge in [0.05, 0.1) is 18.0 Å². The highest BCUT2D eigenvalue weighted by Gasteiger charge is 2.25. The van der Waals surface area contributed by atoms with Gasteiger partial charge in [-0.25, -0.2) is 9.97 Å². The van der Waals surface area contributed by atoms with E-state index < -0.39 is 0 Å². The first-order valence-corrected chi connectivity index (χ1v) is 10.5. The molecule has 0 spiro atoms. The van der Waals surface area contributed by atoms with Crippen molar-refractivity contribution in [3.05, 3.63) is 59.7 Å². The number of hydrogen-bond donors (Lipinski definition) is 1. The molecule has 0 bridgehead atoms. The fourth-order valence-electron chi connectivity index (χ4n) is 4.42. The number of anilines is 1. The second-order valence-electron chi connectivity index (χ2n) is 7.87. The maximum Gasteiger partial charge on any atom is 0.221 e. The van der Waals surface area contributed by atoms with Gasteiger partial charge in [-0.15, -0.1) is 0 Å². The molecule has 2 aromatic carbocycles. The van der Waals surface area contributed by atoms with Crippen LogP contribution in [-0.2, 0) is 6.42 Å². The van der Waals surface area contributed by atoms with E-state index in [1.165, 1.54) is 31.5 Å². The topological polar surface area (TPSA) is 64.3 Å². The molecule has 1 aromatic heterocycles. The van der Waals surface area contributed by atoms with Crippen LogP contribution >= 0.6 is 0 Å². The van der Waals surface area contributed by atoms with Crippen LogP contribution in [0.1, 0.15) is 30.4 Å². The molecule has 0 saturated carbocycles. The van der Waals surface area contributed by atoms with Crippen molar-refractivity contribution in [2.45, 2.75) is 25.7 Å². The van der Waals surface area contributed by atoms with Crippen molar-refractivity contribution < 1.29 is 4.74 Å². The zero-order valence-electron chi connectivity index (χ0n) is 16.6. The number of aromatic nitrogens is 2. The van der Waals surface area contributed by atoms with Crippen LogP contribution in [0.4, 0.5) is 5.95 Å². The summed E-state index contributed by atoms with van der Waals surface area (Å²) in [6, 6.07) is 16.5. The number of nitrogens with two attached hydrogens (primary N) is 1. The smallest absolute Gasteiger partial charge is 0.221 e. The summed E-state index contributed by atoms with van der Waals surface area (Å²) in [4.78, 5) is 11.6. The van der Waals surface area contributed by atoms with Gasteiger partial charge in [-0.2, -0.15) is 0 Å². The molecule has 1 aliphatic carbocycles. The number of benzene rings is 2. The number of fused-ring (bicyclic) bond motifs is 3. The molecule has 1 fully saturated rings. The van der Waals surface area contributed by atoms with Crippen molar-refractivity contribution in [2.24, 2.45) is 0 Å². The Morgan fingerprint density at radius 3 is 2.59 bits per heavy atom. The standard InChI is InChI=1S/C24H26N4O/c25-24-26-22(17-7-2-1-3-8-17)21-15-18-9-10-19(16-20(18)23(21)27-24)29-14-6-13-28-11-4-5-12-28/h1-3,7-10,16H,4-6,11-15H2,(H2,25,26,27). The van der Waals surface area contributed by atoms with E-state index in [9.17, 15) is 0 Å². The van der Waals surface area contributed by atoms with Crippen LogP contribution in [0.5, 0.6) is 5.75 Å². The summed E-state index contributed by atoms with van der Waals surface area (Å²) < 4.78 is 6.05. The molecule has 1 aliphatic heterocycles. The van der Waals surface area contributed by atoms with E-state index >= 15 is 0 Å². The number of nitrogen functional groups attached to an aromatic ring is 1. The van der Waals surface area contributed by atoms with E-state index in [2.05, 4.69) is 45.2 Å². The van der Waals surface area contributed by atoms with Crippen molar-refractivity contribution in [1.82, 2.24) is 14.9 Å². The average Bonchev–Trinajstić information content (AvgIpc) is 3.39. The Kier molecular flexibility index (Phi) is 4.90. The Balaban J connectivity index is 1.36. The molecule has 2 heterocycles. The molecule has 5 heteroatoms. The minimum absolute atomic E-state index is 0.312. The van der Waals surface area contributed by atoms with Crippen molar-refractivity contribution in [3.63, 3.8) is 0 Å². The van der Waals surface area contributed by atoms with Crippen LogP contribution in [0.2, 0.25) is 0 Å². The zero-order chi connectivity index (χ0) is 19.6. The molecule has 2 N–H and O–H groups in total. The van der Waals surface area contributed by atoms with Crippen molar-refractivity contribution in [1.29, 1.82) is 0 Å². The number of ether oxygens (including phenoxy) is 1. The fourth-order valence-corrected chi connectivity index (χ4v) is 4.42. The number of hydrogen-bond acceptors (Lipinski definition) is 5. The lowest BCUT2D eigenvalue weighted by Crippen LogP contribution is -2.21. The average molecular weight is 386 g/mol. The Labute approximate surface area is 171 Å². The van der Waals surface area contributed by atoms with E-state index in [0.717, 1.165) is 59.8 Å². The minimum atomic E-state index is 0.312. The zero-order valence-corrected chi connectivity index (χ0v) is 16.6. The summed E-state index contributed by atoms with van der Waals surface area (Å²) in [5, 5.41) is 0. The quantitative estimate of drug-likeness (QED) is 0.504. The monoisotopic (exact) mass is 386 g/mol. The van der Waals surface area contributed by atoms with Gasteiger partial charge in [0.25, 0.3) is 0 Å². The SMILES string of the molecule is Nc1nc(-c2ccccc2)c2c(n1)-c1cc(OCCCN3CCCC3)ccc1C2. The third-order valence-corrected chi connectivity index (χ3v) is 5.86. The molecule has 29 heavy (non-hydrogen) atoms. The van der Waals surface area contributed by atoms with E-state index in [4.69, 9.17) is 10.5 Å². The van der Waals surface area contributed by atoms with E-state index in [0.29, 0.717) is 5.95 Å². The molecule has 0 unspecified atom stereocenters. The second kappa shape index (κ2) is 7.84. The lowest BCUT2D eigenvalue weighted by molar-refractivity contribution is 0.263. The summed E-state index contributed by atoms with van der Waals surface area (Å²) in [5.41, 5.74) is 12.5. The summed E-state index contributed by atoms with van der Waals surface area (Å²) in [7, 11) is 0. The second-order valence-corrected chi connectivity index (χ2v) is 7.87. The molecule has 5 nitrogen and oxygen atoms in total. The molecule has 5 rings (SSSR count). The van der Waals surface area contributed by atoms with Crippen molar-refractivity contribution >= 4 is 5.95 Å². The summed E-state index contributed by atoms with van der Waals surface area (Å²) in [6.45, 7) is 4.34. The Morgan fingerprint density at radius 1 is 0.966 bits per heavy atom. The van der Waals surface area contributed by atoms with Gasteiger partial charge in [-0.3, -0.25) is 0 Å². The van der Waals surface area contributed by atoms with Gasteiger partial charge in [0.1, 0.15) is 5.75 Å². The third-order valence-electron chi connectivity index (χ3n) is 5.86. The van der Waals surface area contributed by atoms with Gasteiger partial charge in [-0.1, -0.05) is 36.4 Å². The van der Waals surface area contributed by atoms with Crippen molar-refractivity contribution in [3.8, 4) is 28.3 Å². The maximum atomic E-state index is 6.06. The summed E-state index contributed by atoms with van der Waals surface area (Å²) in [6.07, 6.45) is 4.55. The normalized spacial score (nSPS) is 15.3. The predicted molar refractivity (Wildman–Crippen MR) is 116 cm³/mol. The molecule has 1 saturated heterocycles. The van der Waals surface area contributed by atoms with Gasteiger partial charge in [0.2, 0.25) is 5.95 Å². The number of rotatable bonds is 6. The molecule has 0 amide bonds. The Hall–Kier alpha value is -2.92. The molecule has 3 aromatic rings. The van der Waals surface area contributed by atoms with Crippen LogP contribution in [0.15, 0.2) is 48.5 Å². The highest BCUT2D eigenvalue weighted by atomic mass is 16.5. The van der Waals surface area contributed by atoms with E-state index in [1.54, 1.807) is 0 Å². The maximum absolute atomic E-state index is 6.06.